The predicted octanol–water partition coefficient (Wildman–Crippen LogP) is 3.25. The van der Waals surface area contributed by atoms with Crippen LogP contribution in [0.2, 0.25) is 5.02 Å². The Labute approximate surface area is 111 Å². The normalized spacial score (nSPS) is 12.2. The first kappa shape index (κ1) is 14.9. The molecule has 0 spiro atoms. The van der Waals surface area contributed by atoms with E-state index in [0.29, 0.717) is 12.2 Å². The van der Waals surface area contributed by atoms with Crippen molar-refractivity contribution in [2.45, 2.75) is 32.3 Å². The van der Waals surface area contributed by atoms with E-state index in [2.05, 4.69) is 0 Å². The van der Waals surface area contributed by atoms with Crippen LogP contribution >= 0.6 is 11.6 Å². The minimum atomic E-state index is -0.924. The van der Waals surface area contributed by atoms with Gasteiger partial charge in [0, 0.05) is 11.4 Å². The van der Waals surface area contributed by atoms with E-state index in [-0.39, 0.29) is 23.8 Å². The molecule has 1 aromatic rings. The molecule has 1 unspecified atom stereocenters. The lowest BCUT2D eigenvalue weighted by Gasteiger charge is -2.11. The van der Waals surface area contributed by atoms with E-state index in [9.17, 15) is 14.3 Å². The Morgan fingerprint density at radius 3 is 2.83 bits per heavy atom. The molecule has 0 fully saturated rings. The highest BCUT2D eigenvalue weighted by Gasteiger charge is 2.12. The number of carbonyl (C=O) groups is 1. The van der Waals surface area contributed by atoms with E-state index in [0.717, 1.165) is 12.5 Å². The number of ether oxygens (including phenoxy) is 1. The standard InChI is InChI=1S/C13H16ClFO3/c1-2-5-18-13(17)4-3-12(16)9-6-10(14)8-11(15)7-9/h6-8,12,16H,2-5H2,1H3. The highest BCUT2D eigenvalue weighted by molar-refractivity contribution is 6.30. The number of hydrogen-bond donors (Lipinski definition) is 1. The lowest BCUT2D eigenvalue weighted by molar-refractivity contribution is -0.144. The lowest BCUT2D eigenvalue weighted by atomic mass is 10.0. The number of aliphatic hydroxyl groups is 1. The molecule has 18 heavy (non-hydrogen) atoms. The molecule has 0 amide bonds. The van der Waals surface area contributed by atoms with Crippen molar-refractivity contribution in [1.29, 1.82) is 0 Å². The van der Waals surface area contributed by atoms with Gasteiger partial charge < -0.3 is 9.84 Å². The van der Waals surface area contributed by atoms with Gasteiger partial charge in [-0.05, 0) is 36.6 Å². The fourth-order valence-electron chi connectivity index (χ4n) is 1.48. The average Bonchev–Trinajstić information content (AvgIpc) is 2.32. The van der Waals surface area contributed by atoms with Gasteiger partial charge in [0.2, 0.25) is 0 Å². The topological polar surface area (TPSA) is 46.5 Å². The van der Waals surface area contributed by atoms with Gasteiger partial charge >= 0.3 is 5.97 Å². The molecule has 0 aliphatic rings. The van der Waals surface area contributed by atoms with Gasteiger partial charge in [0.25, 0.3) is 0 Å². The molecular formula is C13H16ClFO3. The molecule has 1 aromatic carbocycles. The number of aliphatic hydroxyl groups excluding tert-OH is 1. The van der Waals surface area contributed by atoms with Crippen molar-refractivity contribution >= 4 is 17.6 Å². The zero-order chi connectivity index (χ0) is 13.5. The van der Waals surface area contributed by atoms with E-state index >= 15 is 0 Å². The van der Waals surface area contributed by atoms with Gasteiger partial charge in [-0.3, -0.25) is 4.79 Å². The second-order valence-corrected chi connectivity index (χ2v) is 4.41. The van der Waals surface area contributed by atoms with Gasteiger partial charge in [-0.25, -0.2) is 4.39 Å². The largest absolute Gasteiger partial charge is 0.466 e. The molecule has 1 atom stereocenters. The summed E-state index contributed by atoms with van der Waals surface area (Å²) in [4.78, 5) is 11.2. The Kier molecular flexibility index (Phi) is 6.09. The summed E-state index contributed by atoms with van der Waals surface area (Å²) in [6.45, 7) is 2.28. The summed E-state index contributed by atoms with van der Waals surface area (Å²) in [7, 11) is 0. The van der Waals surface area contributed by atoms with E-state index in [4.69, 9.17) is 16.3 Å². The molecule has 0 bridgehead atoms. The molecule has 5 heteroatoms. The van der Waals surface area contributed by atoms with Gasteiger partial charge in [-0.2, -0.15) is 0 Å². The van der Waals surface area contributed by atoms with Gasteiger partial charge in [0.1, 0.15) is 5.82 Å². The van der Waals surface area contributed by atoms with Crippen LogP contribution in [0.4, 0.5) is 4.39 Å². The van der Waals surface area contributed by atoms with E-state index in [1.807, 2.05) is 6.92 Å². The molecule has 0 radical (unpaired) electrons. The third kappa shape index (κ3) is 5.02. The molecule has 0 saturated carbocycles. The smallest absolute Gasteiger partial charge is 0.305 e. The molecule has 0 heterocycles. The molecule has 1 rings (SSSR count). The Morgan fingerprint density at radius 2 is 2.22 bits per heavy atom. The second-order valence-electron chi connectivity index (χ2n) is 3.98. The number of rotatable bonds is 6. The van der Waals surface area contributed by atoms with Crippen molar-refractivity contribution in [1.82, 2.24) is 0 Å². The highest BCUT2D eigenvalue weighted by Crippen LogP contribution is 2.23. The zero-order valence-corrected chi connectivity index (χ0v) is 10.9. The molecule has 100 valence electrons. The zero-order valence-electron chi connectivity index (χ0n) is 10.2. The number of halogens is 2. The Bertz CT molecular complexity index is 389. The minimum Gasteiger partial charge on any atom is -0.466 e. The SMILES string of the molecule is CCCOC(=O)CCC(O)c1cc(F)cc(Cl)c1. The van der Waals surface area contributed by atoms with E-state index in [1.165, 1.54) is 12.1 Å². The van der Waals surface area contributed by atoms with Crippen molar-refractivity contribution in [2.24, 2.45) is 0 Å². The minimum absolute atomic E-state index is 0.0926. The van der Waals surface area contributed by atoms with Crippen LogP contribution < -0.4 is 0 Å². The maximum Gasteiger partial charge on any atom is 0.305 e. The monoisotopic (exact) mass is 274 g/mol. The van der Waals surface area contributed by atoms with Gasteiger partial charge in [0.15, 0.2) is 0 Å². The molecule has 0 aliphatic carbocycles. The average molecular weight is 275 g/mol. The summed E-state index contributed by atoms with van der Waals surface area (Å²) in [6, 6.07) is 3.84. The number of hydrogen-bond acceptors (Lipinski definition) is 3. The summed E-state index contributed by atoms with van der Waals surface area (Å²) < 4.78 is 17.9. The van der Waals surface area contributed by atoms with Crippen LogP contribution in [0.5, 0.6) is 0 Å². The van der Waals surface area contributed by atoms with Crippen molar-refractivity contribution in [2.75, 3.05) is 6.61 Å². The quantitative estimate of drug-likeness (QED) is 0.810. The number of esters is 1. The Balaban J connectivity index is 2.49. The van der Waals surface area contributed by atoms with Crippen LogP contribution in [0.3, 0.4) is 0 Å². The predicted molar refractivity (Wildman–Crippen MR) is 66.9 cm³/mol. The van der Waals surface area contributed by atoms with Crippen LogP contribution in [0, 0.1) is 5.82 Å². The van der Waals surface area contributed by atoms with Crippen LogP contribution in [0.15, 0.2) is 18.2 Å². The van der Waals surface area contributed by atoms with Crippen molar-refractivity contribution in [3.05, 3.63) is 34.6 Å². The van der Waals surface area contributed by atoms with Crippen molar-refractivity contribution in [3.63, 3.8) is 0 Å². The fraction of sp³-hybridized carbons (Fsp3) is 0.462. The molecule has 0 saturated heterocycles. The molecule has 3 nitrogen and oxygen atoms in total. The van der Waals surface area contributed by atoms with Crippen molar-refractivity contribution < 1.29 is 19.0 Å². The summed E-state index contributed by atoms with van der Waals surface area (Å²) in [5, 5.41) is 10.0. The molecule has 1 N–H and O–H groups in total. The third-order valence-electron chi connectivity index (χ3n) is 2.36. The molecular weight excluding hydrogens is 259 g/mol. The van der Waals surface area contributed by atoms with Crippen LogP contribution in [-0.2, 0) is 9.53 Å². The Morgan fingerprint density at radius 1 is 1.50 bits per heavy atom. The number of benzene rings is 1. The molecule has 0 aliphatic heterocycles. The van der Waals surface area contributed by atoms with Crippen LogP contribution in [-0.4, -0.2) is 17.7 Å². The van der Waals surface area contributed by atoms with E-state index < -0.39 is 11.9 Å². The summed E-state index contributed by atoms with van der Waals surface area (Å²) in [5.41, 5.74) is 0.364. The maximum atomic E-state index is 13.1. The van der Waals surface area contributed by atoms with Gasteiger partial charge in [-0.15, -0.1) is 0 Å². The summed E-state index contributed by atoms with van der Waals surface area (Å²) in [6.07, 6.45) is 0.109. The van der Waals surface area contributed by atoms with Crippen LogP contribution in [0.25, 0.3) is 0 Å². The van der Waals surface area contributed by atoms with Gasteiger partial charge in [0.05, 0.1) is 12.7 Å². The third-order valence-corrected chi connectivity index (χ3v) is 2.58. The highest BCUT2D eigenvalue weighted by atomic mass is 35.5. The first-order valence-electron chi connectivity index (χ1n) is 5.82. The van der Waals surface area contributed by atoms with Crippen LogP contribution in [0.1, 0.15) is 37.9 Å². The first-order valence-corrected chi connectivity index (χ1v) is 6.20. The number of carbonyl (C=O) groups excluding carboxylic acids is 1. The van der Waals surface area contributed by atoms with Gasteiger partial charge in [-0.1, -0.05) is 18.5 Å². The summed E-state index contributed by atoms with van der Waals surface area (Å²) >= 11 is 5.68. The maximum absolute atomic E-state index is 13.1. The first-order chi connectivity index (χ1) is 8.52. The summed E-state index contributed by atoms with van der Waals surface area (Å²) in [5.74, 6) is -0.872. The van der Waals surface area contributed by atoms with E-state index in [1.54, 1.807) is 0 Å². The lowest BCUT2D eigenvalue weighted by Crippen LogP contribution is -2.08. The fourth-order valence-corrected chi connectivity index (χ4v) is 1.71. The molecule has 0 aromatic heterocycles. The van der Waals surface area contributed by atoms with Crippen molar-refractivity contribution in [3.8, 4) is 0 Å². The Hall–Kier alpha value is -1.13. The second kappa shape index (κ2) is 7.34.